The highest BCUT2D eigenvalue weighted by Gasteiger charge is 2.19. The second kappa shape index (κ2) is 7.26. The molecule has 0 spiro atoms. The molecular weight excluding hydrogens is 298 g/mol. The summed E-state index contributed by atoms with van der Waals surface area (Å²) in [6.45, 7) is 3.20. The first-order valence-electron chi connectivity index (χ1n) is 5.86. The lowest BCUT2D eigenvalue weighted by atomic mass is 10.1. The lowest BCUT2D eigenvalue weighted by molar-refractivity contribution is 0.0761. The number of hydrogen-bond acceptors (Lipinski definition) is 3. The number of aromatic hydroxyl groups is 1. The van der Waals surface area contributed by atoms with E-state index in [9.17, 15) is 9.90 Å². The standard InChI is InChI=1S/C13H18BrNO3/c1-3-15(9-5-8-14)13(17)10-6-4-7-11(18-2)12(10)16/h4,6-7,16H,3,5,8-9H2,1-2H3. The summed E-state index contributed by atoms with van der Waals surface area (Å²) in [4.78, 5) is 14.0. The van der Waals surface area contributed by atoms with Gasteiger partial charge in [0.2, 0.25) is 0 Å². The highest BCUT2D eigenvalue weighted by Crippen LogP contribution is 2.30. The molecule has 1 rings (SSSR count). The van der Waals surface area contributed by atoms with Gasteiger partial charge < -0.3 is 14.7 Å². The molecule has 1 amide bonds. The van der Waals surface area contributed by atoms with Crippen LogP contribution in [0, 0.1) is 0 Å². The molecule has 0 aliphatic rings. The van der Waals surface area contributed by atoms with Crippen LogP contribution < -0.4 is 4.74 Å². The van der Waals surface area contributed by atoms with Gasteiger partial charge in [-0.1, -0.05) is 22.0 Å². The second-order valence-corrected chi connectivity index (χ2v) is 4.58. The monoisotopic (exact) mass is 315 g/mol. The van der Waals surface area contributed by atoms with Crippen LogP contribution in [-0.4, -0.2) is 41.4 Å². The maximum Gasteiger partial charge on any atom is 0.257 e. The van der Waals surface area contributed by atoms with Crippen LogP contribution in [0.4, 0.5) is 0 Å². The number of phenolic OH excluding ortho intramolecular Hbond substituents is 1. The van der Waals surface area contributed by atoms with E-state index in [1.807, 2.05) is 6.92 Å². The molecule has 0 bridgehead atoms. The quantitative estimate of drug-likeness (QED) is 0.821. The van der Waals surface area contributed by atoms with Gasteiger partial charge in [-0.2, -0.15) is 0 Å². The van der Waals surface area contributed by atoms with Gasteiger partial charge >= 0.3 is 0 Å². The zero-order valence-corrected chi connectivity index (χ0v) is 12.2. The minimum atomic E-state index is -0.171. The van der Waals surface area contributed by atoms with Crippen LogP contribution in [0.5, 0.6) is 11.5 Å². The largest absolute Gasteiger partial charge is 0.504 e. The zero-order valence-electron chi connectivity index (χ0n) is 10.6. The Morgan fingerprint density at radius 2 is 2.22 bits per heavy atom. The van der Waals surface area contributed by atoms with Crippen molar-refractivity contribution in [1.82, 2.24) is 4.90 Å². The topological polar surface area (TPSA) is 49.8 Å². The number of nitrogens with zero attached hydrogens (tertiary/aromatic N) is 1. The van der Waals surface area contributed by atoms with Gasteiger partial charge in [0.1, 0.15) is 0 Å². The number of rotatable bonds is 6. The molecule has 0 aliphatic carbocycles. The summed E-state index contributed by atoms with van der Waals surface area (Å²) >= 11 is 3.34. The second-order valence-electron chi connectivity index (χ2n) is 3.78. The van der Waals surface area contributed by atoms with Gasteiger partial charge in [0.05, 0.1) is 12.7 Å². The van der Waals surface area contributed by atoms with Crippen molar-refractivity contribution in [3.63, 3.8) is 0 Å². The Morgan fingerprint density at radius 1 is 1.50 bits per heavy atom. The molecule has 0 unspecified atom stereocenters. The molecule has 0 saturated heterocycles. The van der Waals surface area contributed by atoms with Crippen molar-refractivity contribution in [3.05, 3.63) is 23.8 Å². The van der Waals surface area contributed by atoms with Crippen molar-refractivity contribution >= 4 is 21.8 Å². The third-order valence-electron chi connectivity index (χ3n) is 2.68. The maximum atomic E-state index is 12.3. The van der Waals surface area contributed by atoms with Crippen LogP contribution in [0.2, 0.25) is 0 Å². The molecule has 1 aromatic carbocycles. The molecule has 18 heavy (non-hydrogen) atoms. The SMILES string of the molecule is CCN(CCCBr)C(=O)c1cccc(OC)c1O. The Morgan fingerprint density at radius 3 is 2.78 bits per heavy atom. The number of halogens is 1. The maximum absolute atomic E-state index is 12.3. The van der Waals surface area contributed by atoms with Crippen molar-refractivity contribution in [2.45, 2.75) is 13.3 Å². The molecule has 0 heterocycles. The van der Waals surface area contributed by atoms with Crippen molar-refractivity contribution in [2.75, 3.05) is 25.5 Å². The van der Waals surface area contributed by atoms with Crippen LogP contribution in [0.25, 0.3) is 0 Å². The van der Waals surface area contributed by atoms with Crippen LogP contribution in [0.3, 0.4) is 0 Å². The highest BCUT2D eigenvalue weighted by atomic mass is 79.9. The summed E-state index contributed by atoms with van der Waals surface area (Å²) in [7, 11) is 1.46. The number of methoxy groups -OCH3 is 1. The average Bonchev–Trinajstić information content (AvgIpc) is 2.39. The first kappa shape index (κ1) is 14.8. The van der Waals surface area contributed by atoms with Crippen LogP contribution in [-0.2, 0) is 0 Å². The first-order valence-corrected chi connectivity index (χ1v) is 6.99. The van der Waals surface area contributed by atoms with E-state index in [1.165, 1.54) is 7.11 Å². The minimum absolute atomic E-state index is 0.0951. The van der Waals surface area contributed by atoms with E-state index in [1.54, 1.807) is 23.1 Å². The lowest BCUT2D eigenvalue weighted by Crippen LogP contribution is -2.32. The highest BCUT2D eigenvalue weighted by molar-refractivity contribution is 9.09. The fourth-order valence-electron chi connectivity index (χ4n) is 1.68. The summed E-state index contributed by atoms with van der Waals surface area (Å²) in [5, 5.41) is 10.8. The molecule has 1 N–H and O–H groups in total. The molecule has 0 fully saturated rings. The van der Waals surface area contributed by atoms with Gasteiger partial charge in [-0.25, -0.2) is 0 Å². The van der Waals surface area contributed by atoms with Crippen molar-refractivity contribution < 1.29 is 14.6 Å². The van der Waals surface area contributed by atoms with Crippen molar-refractivity contribution in [3.8, 4) is 11.5 Å². The van der Waals surface area contributed by atoms with Crippen molar-refractivity contribution in [2.24, 2.45) is 0 Å². The van der Waals surface area contributed by atoms with Crippen molar-refractivity contribution in [1.29, 1.82) is 0 Å². The van der Waals surface area contributed by atoms with Gasteiger partial charge in [-0.15, -0.1) is 0 Å². The third kappa shape index (κ3) is 3.38. The number of amides is 1. The van der Waals surface area contributed by atoms with Gasteiger partial charge in [-0.05, 0) is 25.5 Å². The minimum Gasteiger partial charge on any atom is -0.504 e. The zero-order chi connectivity index (χ0) is 13.5. The van der Waals surface area contributed by atoms with Crippen LogP contribution in [0.15, 0.2) is 18.2 Å². The number of carbonyl (C=O) groups is 1. The predicted octanol–water partition coefficient (Wildman–Crippen LogP) is 2.65. The van der Waals surface area contributed by atoms with E-state index in [2.05, 4.69) is 15.9 Å². The number of phenols is 1. The normalized spacial score (nSPS) is 10.2. The molecule has 0 radical (unpaired) electrons. The third-order valence-corrected chi connectivity index (χ3v) is 3.24. The number of ether oxygens (including phenoxy) is 1. The Labute approximate surface area is 116 Å². The fourth-order valence-corrected chi connectivity index (χ4v) is 1.93. The molecule has 100 valence electrons. The molecular formula is C13H18BrNO3. The predicted molar refractivity (Wildman–Crippen MR) is 74.6 cm³/mol. The van der Waals surface area contributed by atoms with Gasteiger partial charge in [-0.3, -0.25) is 4.79 Å². The number of para-hydroxylation sites is 1. The summed E-state index contributed by atoms with van der Waals surface area (Å²) < 4.78 is 5.00. The van der Waals surface area contributed by atoms with Gasteiger partial charge in [0.15, 0.2) is 11.5 Å². The van der Waals surface area contributed by atoms with Gasteiger partial charge in [0.25, 0.3) is 5.91 Å². The Bertz CT molecular complexity index is 409. The summed E-state index contributed by atoms with van der Waals surface area (Å²) in [5.41, 5.74) is 0.283. The molecule has 0 atom stereocenters. The smallest absolute Gasteiger partial charge is 0.257 e. The number of benzene rings is 1. The average molecular weight is 316 g/mol. The summed E-state index contributed by atoms with van der Waals surface area (Å²) in [6, 6.07) is 4.93. The number of carbonyl (C=O) groups excluding carboxylic acids is 1. The molecule has 0 aromatic heterocycles. The molecule has 1 aromatic rings. The fraction of sp³-hybridized carbons (Fsp3) is 0.462. The number of hydrogen-bond donors (Lipinski definition) is 1. The summed E-state index contributed by atoms with van der Waals surface area (Å²) in [5.74, 6) is 0.0505. The van der Waals surface area contributed by atoms with E-state index >= 15 is 0 Å². The molecule has 0 saturated carbocycles. The van der Waals surface area contributed by atoms with Crippen LogP contribution in [0.1, 0.15) is 23.7 Å². The Kier molecular flexibility index (Phi) is 5.98. The lowest BCUT2D eigenvalue weighted by Gasteiger charge is -2.21. The molecule has 5 heteroatoms. The Hall–Kier alpha value is -1.23. The Balaban J connectivity index is 2.94. The van der Waals surface area contributed by atoms with Crippen LogP contribution >= 0.6 is 15.9 Å². The van der Waals surface area contributed by atoms with E-state index in [0.717, 1.165) is 11.8 Å². The van der Waals surface area contributed by atoms with E-state index in [0.29, 0.717) is 18.8 Å². The molecule has 0 aliphatic heterocycles. The van der Waals surface area contributed by atoms with E-state index in [-0.39, 0.29) is 17.2 Å². The molecule has 4 nitrogen and oxygen atoms in total. The summed E-state index contributed by atoms with van der Waals surface area (Å²) in [6.07, 6.45) is 0.879. The van der Waals surface area contributed by atoms with E-state index < -0.39 is 0 Å². The number of alkyl halides is 1. The van der Waals surface area contributed by atoms with Gasteiger partial charge in [0, 0.05) is 18.4 Å². The first-order chi connectivity index (χ1) is 8.65. The van der Waals surface area contributed by atoms with E-state index in [4.69, 9.17) is 4.74 Å².